The monoisotopic (exact) mass is 308 g/mol. The Kier molecular flexibility index (Phi) is 3.65. The molecule has 2 heteroatoms. The Balaban J connectivity index is 1.55. The molecule has 0 radical (unpaired) electrons. The van der Waals surface area contributed by atoms with Gasteiger partial charge in [0.15, 0.2) is 0 Å². The fourth-order valence-corrected chi connectivity index (χ4v) is 3.92. The molecule has 0 aromatic heterocycles. The molecule has 0 heterocycles. The van der Waals surface area contributed by atoms with E-state index in [-0.39, 0.29) is 0 Å². The van der Waals surface area contributed by atoms with Crippen molar-refractivity contribution in [3.63, 3.8) is 0 Å². The minimum Gasteiger partial charge on any atom is -0.490 e. The van der Waals surface area contributed by atoms with E-state index in [1.54, 1.807) is 0 Å². The molecular formula is C16H21BrO. The largest absolute Gasteiger partial charge is 0.490 e. The van der Waals surface area contributed by atoms with Gasteiger partial charge in [0.05, 0.1) is 6.10 Å². The third kappa shape index (κ3) is 2.74. The summed E-state index contributed by atoms with van der Waals surface area (Å²) in [6, 6.07) is 8.22. The number of halogens is 1. The Morgan fingerprint density at radius 3 is 2.17 bits per heavy atom. The highest BCUT2D eigenvalue weighted by atomic mass is 79.9. The summed E-state index contributed by atoms with van der Waals surface area (Å²) < 4.78 is 7.21. The van der Waals surface area contributed by atoms with Crippen LogP contribution in [0.15, 0.2) is 28.7 Å². The van der Waals surface area contributed by atoms with Gasteiger partial charge in [0.2, 0.25) is 0 Å². The van der Waals surface area contributed by atoms with Gasteiger partial charge in [-0.15, -0.1) is 0 Å². The van der Waals surface area contributed by atoms with Crippen LogP contribution < -0.4 is 4.74 Å². The van der Waals surface area contributed by atoms with Crippen LogP contribution in [0.5, 0.6) is 5.75 Å². The lowest BCUT2D eigenvalue weighted by Gasteiger charge is -2.37. The van der Waals surface area contributed by atoms with Crippen molar-refractivity contribution in [1.82, 2.24) is 0 Å². The minimum absolute atomic E-state index is 0.442. The number of hydrogen-bond donors (Lipinski definition) is 0. The average Bonchev–Trinajstić information content (AvgIpc) is 2.84. The summed E-state index contributed by atoms with van der Waals surface area (Å²) in [5.74, 6) is 1.02. The average molecular weight is 309 g/mol. The summed E-state index contributed by atoms with van der Waals surface area (Å²) in [6.07, 6.45) is 11.6. The normalized spacial score (nSPS) is 23.4. The van der Waals surface area contributed by atoms with Crippen LogP contribution >= 0.6 is 15.9 Å². The molecule has 0 N–H and O–H groups in total. The lowest BCUT2D eigenvalue weighted by atomic mass is 9.72. The van der Waals surface area contributed by atoms with Crippen molar-refractivity contribution in [2.24, 2.45) is 5.41 Å². The van der Waals surface area contributed by atoms with E-state index in [2.05, 4.69) is 40.2 Å². The predicted octanol–water partition coefficient (Wildman–Crippen LogP) is 5.33. The van der Waals surface area contributed by atoms with Crippen molar-refractivity contribution in [2.45, 2.75) is 57.5 Å². The molecule has 1 nitrogen and oxygen atoms in total. The first-order valence-corrected chi connectivity index (χ1v) is 7.97. The number of rotatable bonds is 2. The molecule has 0 bridgehead atoms. The molecule has 1 aromatic carbocycles. The first-order chi connectivity index (χ1) is 8.76. The van der Waals surface area contributed by atoms with E-state index in [9.17, 15) is 0 Å². The fourth-order valence-electron chi connectivity index (χ4n) is 3.65. The maximum absolute atomic E-state index is 6.09. The molecule has 18 heavy (non-hydrogen) atoms. The van der Waals surface area contributed by atoms with Gasteiger partial charge >= 0.3 is 0 Å². The fraction of sp³-hybridized carbons (Fsp3) is 0.625. The van der Waals surface area contributed by atoms with Crippen LogP contribution in [0, 0.1) is 5.41 Å². The molecule has 2 aliphatic carbocycles. The van der Waals surface area contributed by atoms with Gasteiger partial charge in [-0.3, -0.25) is 0 Å². The third-order valence-electron chi connectivity index (χ3n) is 4.77. The van der Waals surface area contributed by atoms with E-state index in [1.165, 1.54) is 51.4 Å². The summed E-state index contributed by atoms with van der Waals surface area (Å²) in [4.78, 5) is 0. The van der Waals surface area contributed by atoms with E-state index in [0.29, 0.717) is 11.5 Å². The zero-order valence-electron chi connectivity index (χ0n) is 10.8. The second-order valence-corrected chi connectivity index (χ2v) is 6.89. The first-order valence-electron chi connectivity index (χ1n) is 7.18. The van der Waals surface area contributed by atoms with Crippen LogP contribution in [-0.4, -0.2) is 6.10 Å². The van der Waals surface area contributed by atoms with Crippen LogP contribution in [0.3, 0.4) is 0 Å². The molecule has 0 atom stereocenters. The minimum atomic E-state index is 0.442. The summed E-state index contributed by atoms with van der Waals surface area (Å²) in [7, 11) is 0. The van der Waals surface area contributed by atoms with E-state index < -0.39 is 0 Å². The second kappa shape index (κ2) is 5.24. The Bertz CT molecular complexity index is 382. The van der Waals surface area contributed by atoms with Gasteiger partial charge in [0.1, 0.15) is 5.75 Å². The summed E-state index contributed by atoms with van der Waals surface area (Å²) >= 11 is 3.46. The van der Waals surface area contributed by atoms with Crippen LogP contribution in [0.1, 0.15) is 51.4 Å². The van der Waals surface area contributed by atoms with Crippen LogP contribution in [0.25, 0.3) is 0 Å². The van der Waals surface area contributed by atoms with Gasteiger partial charge in [-0.2, -0.15) is 0 Å². The highest BCUT2D eigenvalue weighted by molar-refractivity contribution is 9.10. The van der Waals surface area contributed by atoms with E-state index in [0.717, 1.165) is 10.2 Å². The third-order valence-corrected chi connectivity index (χ3v) is 5.30. The Morgan fingerprint density at radius 1 is 0.944 bits per heavy atom. The Labute approximate surface area is 118 Å². The molecule has 0 aliphatic heterocycles. The van der Waals surface area contributed by atoms with Crippen molar-refractivity contribution in [1.29, 1.82) is 0 Å². The maximum Gasteiger partial charge on any atom is 0.119 e. The quantitative estimate of drug-likeness (QED) is 0.717. The van der Waals surface area contributed by atoms with Gasteiger partial charge in [-0.25, -0.2) is 0 Å². The first kappa shape index (κ1) is 12.5. The van der Waals surface area contributed by atoms with Crippen LogP contribution in [0.2, 0.25) is 0 Å². The van der Waals surface area contributed by atoms with E-state index >= 15 is 0 Å². The van der Waals surface area contributed by atoms with Crippen molar-refractivity contribution in [3.05, 3.63) is 28.7 Å². The standard InChI is InChI=1S/C16H21BrO/c17-13-3-5-14(6-4-13)18-15-7-11-16(12-8-15)9-1-2-10-16/h3-6,15H,1-2,7-12H2. The van der Waals surface area contributed by atoms with Crippen LogP contribution in [-0.2, 0) is 0 Å². The van der Waals surface area contributed by atoms with Gasteiger partial charge < -0.3 is 4.74 Å². The smallest absolute Gasteiger partial charge is 0.119 e. The van der Waals surface area contributed by atoms with Crippen molar-refractivity contribution in [2.75, 3.05) is 0 Å². The number of ether oxygens (including phenoxy) is 1. The summed E-state index contributed by atoms with van der Waals surface area (Å²) in [6.45, 7) is 0. The summed E-state index contributed by atoms with van der Waals surface area (Å²) in [5.41, 5.74) is 0.708. The lowest BCUT2D eigenvalue weighted by Crippen LogP contribution is -2.30. The van der Waals surface area contributed by atoms with Gasteiger partial charge in [-0.05, 0) is 68.2 Å². The lowest BCUT2D eigenvalue weighted by molar-refractivity contribution is 0.0824. The molecule has 0 amide bonds. The molecule has 2 fully saturated rings. The molecule has 2 aliphatic rings. The Hall–Kier alpha value is -0.500. The molecule has 0 unspecified atom stereocenters. The summed E-state index contributed by atoms with van der Waals surface area (Å²) in [5, 5.41) is 0. The Morgan fingerprint density at radius 2 is 1.56 bits per heavy atom. The molecule has 0 saturated heterocycles. The van der Waals surface area contributed by atoms with E-state index in [1.807, 2.05) is 0 Å². The molecule has 1 spiro atoms. The van der Waals surface area contributed by atoms with Crippen molar-refractivity contribution < 1.29 is 4.74 Å². The highest BCUT2D eigenvalue weighted by Crippen LogP contribution is 2.49. The van der Waals surface area contributed by atoms with Gasteiger partial charge in [0, 0.05) is 4.47 Å². The molecular weight excluding hydrogens is 288 g/mol. The van der Waals surface area contributed by atoms with Gasteiger partial charge in [-0.1, -0.05) is 28.8 Å². The predicted molar refractivity (Wildman–Crippen MR) is 77.9 cm³/mol. The molecule has 98 valence electrons. The second-order valence-electron chi connectivity index (χ2n) is 5.98. The molecule has 3 rings (SSSR count). The molecule has 1 aromatic rings. The molecule has 2 saturated carbocycles. The zero-order valence-corrected chi connectivity index (χ0v) is 12.4. The topological polar surface area (TPSA) is 9.23 Å². The van der Waals surface area contributed by atoms with Crippen molar-refractivity contribution in [3.8, 4) is 5.75 Å². The zero-order chi connectivity index (χ0) is 12.4. The highest BCUT2D eigenvalue weighted by Gasteiger charge is 2.37. The van der Waals surface area contributed by atoms with E-state index in [4.69, 9.17) is 4.74 Å². The van der Waals surface area contributed by atoms with Gasteiger partial charge in [0.25, 0.3) is 0 Å². The SMILES string of the molecule is Brc1ccc(OC2CCC3(CCCC3)CC2)cc1. The number of benzene rings is 1. The maximum atomic E-state index is 6.09. The van der Waals surface area contributed by atoms with Crippen LogP contribution in [0.4, 0.5) is 0 Å². The number of hydrogen-bond acceptors (Lipinski definition) is 1. The van der Waals surface area contributed by atoms with Crippen molar-refractivity contribution >= 4 is 15.9 Å².